The van der Waals surface area contributed by atoms with Gasteiger partial charge in [-0.2, -0.15) is 0 Å². The fourth-order valence-electron chi connectivity index (χ4n) is 9.30. The van der Waals surface area contributed by atoms with Gasteiger partial charge in [0.1, 0.15) is 0 Å². The van der Waals surface area contributed by atoms with Gasteiger partial charge in [0, 0.05) is 0 Å². The molecule has 0 aromatic rings. The van der Waals surface area contributed by atoms with Crippen molar-refractivity contribution in [3.05, 3.63) is 0 Å². The summed E-state index contributed by atoms with van der Waals surface area (Å²) < 4.78 is 0. The van der Waals surface area contributed by atoms with Crippen LogP contribution in [-0.4, -0.2) is 56.1 Å². The highest BCUT2D eigenvalue weighted by molar-refractivity contribution is 5.14. The van der Waals surface area contributed by atoms with E-state index in [0.717, 1.165) is 38.5 Å². The van der Waals surface area contributed by atoms with Crippen LogP contribution >= 0.6 is 0 Å². The smallest absolute Gasteiger partial charge is 0.0849 e. The van der Waals surface area contributed by atoms with E-state index in [0.29, 0.717) is 36.5 Å². The summed E-state index contributed by atoms with van der Waals surface area (Å²) in [5, 5.41) is 52.3. The van der Waals surface area contributed by atoms with E-state index in [1.807, 2.05) is 0 Å². The highest BCUT2D eigenvalue weighted by atomic mass is 16.3. The van der Waals surface area contributed by atoms with Crippen LogP contribution < -0.4 is 0 Å². The average Bonchev–Trinajstić information content (AvgIpc) is 3.10. The van der Waals surface area contributed by atoms with Crippen LogP contribution in [-0.2, 0) is 0 Å². The molecule has 5 N–H and O–H groups in total. The molecular weight excluding hydrogens is 404 g/mol. The van der Waals surface area contributed by atoms with Crippen molar-refractivity contribution in [1.82, 2.24) is 0 Å². The third-order valence-corrected chi connectivity index (χ3v) is 11.2. The fourth-order valence-corrected chi connectivity index (χ4v) is 9.30. The third kappa shape index (κ3) is 3.98. The molecule has 5 unspecified atom stereocenters. The second-order valence-corrected chi connectivity index (χ2v) is 13.1. The van der Waals surface area contributed by atoms with Crippen molar-refractivity contribution in [1.29, 1.82) is 0 Å². The fraction of sp³-hybridized carbons (Fsp3) is 1.00. The molecule has 12 atom stereocenters. The minimum atomic E-state index is -0.984. The van der Waals surface area contributed by atoms with E-state index in [2.05, 4.69) is 20.8 Å². The Morgan fingerprint density at radius 3 is 2.25 bits per heavy atom. The lowest BCUT2D eigenvalue weighted by Crippen LogP contribution is -2.64. The number of aliphatic hydroxyl groups excluding tert-OH is 4. The topological polar surface area (TPSA) is 101 Å². The predicted molar refractivity (Wildman–Crippen MR) is 125 cm³/mol. The van der Waals surface area contributed by atoms with Gasteiger partial charge in [-0.05, 0) is 105 Å². The Morgan fingerprint density at radius 2 is 1.56 bits per heavy atom. The van der Waals surface area contributed by atoms with Crippen LogP contribution in [0.1, 0.15) is 91.9 Å². The molecule has 0 heterocycles. The van der Waals surface area contributed by atoms with Gasteiger partial charge in [0.05, 0.1) is 30.5 Å². The summed E-state index contributed by atoms with van der Waals surface area (Å²) in [5.41, 5.74) is -0.774. The van der Waals surface area contributed by atoms with E-state index in [9.17, 15) is 25.5 Å². The second kappa shape index (κ2) is 8.78. The zero-order valence-corrected chi connectivity index (χ0v) is 20.7. The number of rotatable bonds is 6. The van der Waals surface area contributed by atoms with Crippen LogP contribution in [0.3, 0.4) is 0 Å². The zero-order valence-electron chi connectivity index (χ0n) is 20.7. The van der Waals surface area contributed by atoms with E-state index in [4.69, 9.17) is 0 Å². The summed E-state index contributed by atoms with van der Waals surface area (Å²) in [7, 11) is 0. The molecule has 0 aromatic carbocycles. The highest BCUT2D eigenvalue weighted by Gasteiger charge is 2.65. The molecule has 4 rings (SSSR count). The first-order valence-corrected chi connectivity index (χ1v) is 13.3. The van der Waals surface area contributed by atoms with E-state index in [1.54, 1.807) is 6.92 Å². The highest BCUT2D eigenvalue weighted by Crippen LogP contribution is 2.68. The maximum absolute atomic E-state index is 11.4. The summed E-state index contributed by atoms with van der Waals surface area (Å²) in [6.07, 6.45) is 7.87. The lowest BCUT2D eigenvalue weighted by Gasteiger charge is -2.63. The molecule has 4 aliphatic carbocycles. The first-order valence-electron chi connectivity index (χ1n) is 13.3. The largest absolute Gasteiger partial charge is 0.393 e. The Balaban J connectivity index is 1.50. The van der Waals surface area contributed by atoms with Crippen LogP contribution in [0.15, 0.2) is 0 Å². The molecule has 0 aromatic heterocycles. The second-order valence-electron chi connectivity index (χ2n) is 13.1. The summed E-state index contributed by atoms with van der Waals surface area (Å²) in [6.45, 7) is 8.65. The van der Waals surface area contributed by atoms with Crippen molar-refractivity contribution in [2.45, 2.75) is 116 Å². The maximum atomic E-state index is 11.4. The quantitative estimate of drug-likeness (QED) is 0.425. The van der Waals surface area contributed by atoms with E-state index < -0.39 is 17.8 Å². The molecule has 5 nitrogen and oxygen atoms in total. The number of aliphatic hydroxyl groups is 5. The van der Waals surface area contributed by atoms with Gasteiger partial charge >= 0.3 is 0 Å². The first kappa shape index (κ1) is 24.9. The molecule has 0 aliphatic heterocycles. The summed E-state index contributed by atoms with van der Waals surface area (Å²) >= 11 is 0. The molecule has 4 saturated carbocycles. The van der Waals surface area contributed by atoms with Gasteiger partial charge in [0.2, 0.25) is 0 Å². The molecule has 0 spiro atoms. The van der Waals surface area contributed by atoms with Crippen molar-refractivity contribution in [3.63, 3.8) is 0 Å². The van der Waals surface area contributed by atoms with E-state index in [1.165, 1.54) is 12.8 Å². The average molecular weight is 453 g/mol. The van der Waals surface area contributed by atoms with E-state index in [-0.39, 0.29) is 35.4 Å². The Bertz CT molecular complexity index is 666. The summed E-state index contributed by atoms with van der Waals surface area (Å²) in [5.74, 6) is 2.20. The standard InChI is InChI=1S/C27H48O5/c1-16(6-5-11-25(2,32)15-28)18-7-8-19-22-20(10-13-26(18,19)3)27(4)12-9-17(29)14-21(27)23(30)24(22)31/h16-24,28-32H,5-15H2,1-4H3/t16-,17?,18-,19+,20+,21?,22+,23?,24?,25?,26-,27-/m1/s1. The number of hydrogen-bond acceptors (Lipinski definition) is 5. The van der Waals surface area contributed by atoms with Crippen LogP contribution in [0.4, 0.5) is 0 Å². The Morgan fingerprint density at radius 1 is 0.906 bits per heavy atom. The number of hydrogen-bond donors (Lipinski definition) is 5. The minimum absolute atomic E-state index is 0.00213. The summed E-state index contributed by atoms with van der Waals surface area (Å²) in [4.78, 5) is 0. The summed E-state index contributed by atoms with van der Waals surface area (Å²) in [6, 6.07) is 0. The Kier molecular flexibility index (Phi) is 6.84. The lowest BCUT2D eigenvalue weighted by molar-refractivity contribution is -0.223. The van der Waals surface area contributed by atoms with Crippen molar-refractivity contribution >= 4 is 0 Å². The first-order chi connectivity index (χ1) is 14.9. The molecule has 4 fully saturated rings. The minimum Gasteiger partial charge on any atom is -0.393 e. The Labute approximate surface area is 194 Å². The van der Waals surface area contributed by atoms with Crippen LogP contribution in [0.25, 0.3) is 0 Å². The van der Waals surface area contributed by atoms with Crippen molar-refractivity contribution in [3.8, 4) is 0 Å². The molecular formula is C27H48O5. The molecule has 0 radical (unpaired) electrons. The van der Waals surface area contributed by atoms with Crippen LogP contribution in [0, 0.1) is 46.3 Å². The third-order valence-electron chi connectivity index (χ3n) is 11.2. The van der Waals surface area contributed by atoms with Crippen molar-refractivity contribution in [2.24, 2.45) is 46.3 Å². The molecule has 0 amide bonds. The molecule has 4 aliphatic rings. The van der Waals surface area contributed by atoms with Gasteiger partial charge in [0.25, 0.3) is 0 Å². The monoisotopic (exact) mass is 452 g/mol. The lowest BCUT2D eigenvalue weighted by atomic mass is 9.43. The Hall–Kier alpha value is -0.200. The van der Waals surface area contributed by atoms with Gasteiger partial charge < -0.3 is 25.5 Å². The van der Waals surface area contributed by atoms with Gasteiger partial charge in [-0.15, -0.1) is 0 Å². The predicted octanol–water partition coefficient (Wildman–Crippen LogP) is 3.50. The van der Waals surface area contributed by atoms with E-state index >= 15 is 0 Å². The van der Waals surface area contributed by atoms with Gasteiger partial charge in [-0.25, -0.2) is 0 Å². The molecule has 0 saturated heterocycles. The van der Waals surface area contributed by atoms with Crippen molar-refractivity contribution in [2.75, 3.05) is 6.61 Å². The number of fused-ring (bicyclic) bond motifs is 5. The zero-order chi connectivity index (χ0) is 23.5. The SMILES string of the molecule is C[C@H](CCCC(C)(O)CO)[C@H]1CC[C@H]2[C@@H]3C(O)C(O)C4CC(O)CC[C@]4(C)[C@H]3CC[C@]12C. The molecule has 0 bridgehead atoms. The molecule has 186 valence electrons. The van der Waals surface area contributed by atoms with Gasteiger partial charge in [-0.3, -0.25) is 0 Å². The van der Waals surface area contributed by atoms with Gasteiger partial charge in [-0.1, -0.05) is 33.6 Å². The van der Waals surface area contributed by atoms with Crippen molar-refractivity contribution < 1.29 is 25.5 Å². The van der Waals surface area contributed by atoms with Crippen LogP contribution in [0.5, 0.6) is 0 Å². The maximum Gasteiger partial charge on any atom is 0.0849 e. The van der Waals surface area contributed by atoms with Gasteiger partial charge in [0.15, 0.2) is 0 Å². The van der Waals surface area contributed by atoms with Crippen LogP contribution in [0.2, 0.25) is 0 Å². The normalized spacial score (nSPS) is 51.3. The molecule has 5 heteroatoms. The molecule has 32 heavy (non-hydrogen) atoms.